The zero-order chi connectivity index (χ0) is 12.6. The molecule has 0 saturated heterocycles. The molecule has 0 spiro atoms. The topological polar surface area (TPSA) is 3.88 Å². The van der Waals surface area contributed by atoms with Crippen LogP contribution < -0.4 is 4.57 Å². The van der Waals surface area contributed by atoms with Gasteiger partial charge in [0.15, 0.2) is 36.0 Å². The van der Waals surface area contributed by atoms with Crippen molar-refractivity contribution in [3.8, 4) is 0 Å². The van der Waals surface area contributed by atoms with E-state index in [1.54, 1.807) is 5.38 Å². The highest BCUT2D eigenvalue weighted by molar-refractivity contribution is 7.07. The predicted molar refractivity (Wildman–Crippen MR) is 49.8 cm³/mol. The fourth-order valence-corrected chi connectivity index (χ4v) is 1.92. The van der Waals surface area contributed by atoms with Crippen molar-refractivity contribution in [1.82, 2.24) is 0 Å². The number of aromatic nitrogens is 1. The maximum Gasteiger partial charge on any atom is 0.225 e. The highest BCUT2D eigenvalue weighted by atomic mass is 32.1. The first-order valence-corrected chi connectivity index (χ1v) is 5.38. The van der Waals surface area contributed by atoms with Gasteiger partial charge in [0.05, 0.1) is 10.9 Å². The van der Waals surface area contributed by atoms with E-state index in [2.05, 4.69) is 0 Å². The fourth-order valence-electron chi connectivity index (χ4n) is 1.32. The van der Waals surface area contributed by atoms with Gasteiger partial charge in [-0.05, 0) is 0 Å². The van der Waals surface area contributed by atoms with Crippen molar-refractivity contribution in [3.63, 3.8) is 0 Å². The van der Waals surface area contributed by atoms with Crippen LogP contribution in [0.25, 0.3) is 0 Å². The van der Waals surface area contributed by atoms with Gasteiger partial charge in [-0.2, -0.15) is 4.57 Å². The van der Waals surface area contributed by atoms with Crippen LogP contribution in [0.2, 0.25) is 0 Å². The summed E-state index contributed by atoms with van der Waals surface area (Å²) >= 11 is 1.24. The maximum absolute atomic E-state index is 13.3. The van der Waals surface area contributed by atoms with Crippen molar-refractivity contribution in [3.05, 3.63) is 51.7 Å². The zero-order valence-electron chi connectivity index (χ0n) is 8.18. The number of thiazole rings is 1. The van der Waals surface area contributed by atoms with E-state index >= 15 is 0 Å². The number of benzene rings is 1. The normalized spacial score (nSPS) is 10.9. The van der Waals surface area contributed by atoms with E-state index in [9.17, 15) is 22.0 Å². The van der Waals surface area contributed by atoms with E-state index in [1.807, 2.05) is 0 Å². The summed E-state index contributed by atoms with van der Waals surface area (Å²) < 4.78 is 66.3. The number of nitrogens with zero attached hydrogens (tertiary/aromatic N) is 1. The Hall–Kier alpha value is -1.50. The average Bonchev–Trinajstić information content (AvgIpc) is 2.82. The SMILES string of the molecule is Fc1c(F)c(F)c(C[n+]2ccsc2)c(F)c1F. The standard InChI is InChI=1S/C10H5F5NS/c11-6-5(3-16-1-2-17-4-16)7(12)9(14)10(15)8(6)13/h1-2,4H,3H2/q+1. The van der Waals surface area contributed by atoms with Gasteiger partial charge in [-0.1, -0.05) is 11.3 Å². The molecule has 1 heterocycles. The fraction of sp³-hybridized carbons (Fsp3) is 0.100. The number of halogens is 5. The zero-order valence-corrected chi connectivity index (χ0v) is 9.00. The van der Waals surface area contributed by atoms with Crippen LogP contribution in [0, 0.1) is 29.1 Å². The Morgan fingerprint density at radius 2 is 1.41 bits per heavy atom. The molecule has 0 aliphatic heterocycles. The Morgan fingerprint density at radius 3 is 1.88 bits per heavy atom. The van der Waals surface area contributed by atoms with E-state index in [0.29, 0.717) is 0 Å². The molecule has 1 aromatic carbocycles. The first kappa shape index (κ1) is 12.0. The third kappa shape index (κ3) is 2.02. The molecule has 1 aromatic heterocycles. The minimum atomic E-state index is -2.14. The van der Waals surface area contributed by atoms with Crippen molar-refractivity contribution in [2.75, 3.05) is 0 Å². The summed E-state index contributed by atoms with van der Waals surface area (Å²) in [5.74, 6) is -9.57. The van der Waals surface area contributed by atoms with Crippen LogP contribution in [0.1, 0.15) is 5.56 Å². The van der Waals surface area contributed by atoms with Crippen molar-refractivity contribution >= 4 is 11.3 Å². The van der Waals surface area contributed by atoms with Crippen LogP contribution in [-0.4, -0.2) is 0 Å². The quantitative estimate of drug-likeness (QED) is 0.340. The molecule has 0 bridgehead atoms. The lowest BCUT2D eigenvalue weighted by molar-refractivity contribution is -0.684. The first-order valence-electron chi connectivity index (χ1n) is 4.44. The van der Waals surface area contributed by atoms with E-state index in [4.69, 9.17) is 0 Å². The lowest BCUT2D eigenvalue weighted by Crippen LogP contribution is -2.32. The van der Waals surface area contributed by atoms with Crippen LogP contribution in [0.4, 0.5) is 22.0 Å². The lowest BCUT2D eigenvalue weighted by Gasteiger charge is -2.04. The number of rotatable bonds is 2. The molecular weight excluding hydrogens is 261 g/mol. The Balaban J connectivity index is 2.54. The number of hydrogen-bond acceptors (Lipinski definition) is 1. The third-order valence-corrected chi connectivity index (χ3v) is 2.84. The molecular formula is C10H5F5NS+. The van der Waals surface area contributed by atoms with Gasteiger partial charge >= 0.3 is 0 Å². The van der Waals surface area contributed by atoms with E-state index in [0.717, 1.165) is 0 Å². The summed E-state index contributed by atoms with van der Waals surface area (Å²) in [6.45, 7) is -0.407. The molecule has 90 valence electrons. The molecule has 2 aromatic rings. The minimum absolute atomic E-state index is 0.407. The van der Waals surface area contributed by atoms with Crippen molar-refractivity contribution in [1.29, 1.82) is 0 Å². The Labute approximate surface area is 96.8 Å². The van der Waals surface area contributed by atoms with E-state index in [1.165, 1.54) is 27.6 Å². The monoisotopic (exact) mass is 266 g/mol. The molecule has 0 atom stereocenters. The summed E-state index contributed by atoms with van der Waals surface area (Å²) in [7, 11) is 0. The van der Waals surface area contributed by atoms with Gasteiger partial charge < -0.3 is 0 Å². The molecule has 7 heteroatoms. The van der Waals surface area contributed by atoms with Gasteiger partial charge in [-0.25, -0.2) is 22.0 Å². The average molecular weight is 266 g/mol. The van der Waals surface area contributed by atoms with Gasteiger partial charge in [0.25, 0.3) is 0 Å². The summed E-state index contributed by atoms with van der Waals surface area (Å²) in [6, 6.07) is 0. The van der Waals surface area contributed by atoms with E-state index < -0.39 is 41.2 Å². The van der Waals surface area contributed by atoms with Crippen molar-refractivity contribution in [2.45, 2.75) is 6.54 Å². The van der Waals surface area contributed by atoms with Gasteiger partial charge in [-0.3, -0.25) is 0 Å². The lowest BCUT2D eigenvalue weighted by atomic mass is 10.1. The summed E-state index contributed by atoms with van der Waals surface area (Å²) in [4.78, 5) is 0. The highest BCUT2D eigenvalue weighted by Gasteiger charge is 2.27. The van der Waals surface area contributed by atoms with Gasteiger partial charge in [0.1, 0.15) is 0 Å². The van der Waals surface area contributed by atoms with E-state index in [-0.39, 0.29) is 0 Å². The Morgan fingerprint density at radius 1 is 0.882 bits per heavy atom. The second-order valence-corrected chi connectivity index (χ2v) is 4.00. The van der Waals surface area contributed by atoms with Crippen LogP contribution in [-0.2, 0) is 6.54 Å². The van der Waals surface area contributed by atoms with Crippen LogP contribution in [0.3, 0.4) is 0 Å². The summed E-state index contributed by atoms with van der Waals surface area (Å²) in [6.07, 6.45) is 1.47. The highest BCUT2D eigenvalue weighted by Crippen LogP contribution is 2.22. The van der Waals surface area contributed by atoms with Gasteiger partial charge in [-0.15, -0.1) is 0 Å². The van der Waals surface area contributed by atoms with Crippen molar-refractivity contribution in [2.24, 2.45) is 0 Å². The molecule has 0 amide bonds. The molecule has 0 unspecified atom stereocenters. The Bertz CT molecular complexity index is 523. The molecule has 0 aliphatic rings. The predicted octanol–water partition coefficient (Wildman–Crippen LogP) is 2.78. The van der Waals surface area contributed by atoms with Crippen LogP contribution in [0.5, 0.6) is 0 Å². The summed E-state index contributed by atoms with van der Waals surface area (Å²) in [5, 5.41) is 1.62. The number of hydrogen-bond donors (Lipinski definition) is 0. The largest absolute Gasteiger partial charge is 0.225 e. The Kier molecular flexibility index (Phi) is 3.10. The molecule has 17 heavy (non-hydrogen) atoms. The molecule has 0 aliphatic carbocycles. The first-order chi connectivity index (χ1) is 8.02. The van der Waals surface area contributed by atoms with Crippen molar-refractivity contribution < 1.29 is 26.5 Å². The molecule has 0 N–H and O–H groups in total. The minimum Gasteiger partial charge on any atom is -0.203 e. The van der Waals surface area contributed by atoms with Crippen LogP contribution in [0.15, 0.2) is 17.1 Å². The molecule has 0 saturated carbocycles. The van der Waals surface area contributed by atoms with Gasteiger partial charge in [0, 0.05) is 0 Å². The third-order valence-electron chi connectivity index (χ3n) is 2.17. The molecule has 0 fully saturated rings. The maximum atomic E-state index is 13.3. The summed E-state index contributed by atoms with van der Waals surface area (Å²) in [5.41, 5.74) is 0.655. The molecule has 2 rings (SSSR count). The van der Waals surface area contributed by atoms with Crippen LogP contribution >= 0.6 is 11.3 Å². The molecule has 0 radical (unpaired) electrons. The molecule has 1 nitrogen and oxygen atoms in total. The second kappa shape index (κ2) is 4.40. The van der Waals surface area contributed by atoms with Gasteiger partial charge in [0.2, 0.25) is 11.3 Å². The smallest absolute Gasteiger partial charge is 0.203 e. The second-order valence-electron chi connectivity index (χ2n) is 3.25.